The maximum atomic E-state index is 4.14. The Morgan fingerprint density at radius 1 is 0.929 bits per heavy atom. The zero-order valence-electron chi connectivity index (χ0n) is 7.67. The summed E-state index contributed by atoms with van der Waals surface area (Å²) in [7, 11) is 0. The van der Waals surface area contributed by atoms with Crippen molar-refractivity contribution in [3.8, 4) is 0 Å². The first-order valence-electron chi connectivity index (χ1n) is 4.44. The van der Waals surface area contributed by atoms with Crippen molar-refractivity contribution in [2.45, 2.75) is 0 Å². The molecular formula is C12H10N2. The Morgan fingerprint density at radius 3 is 2.50 bits per heavy atom. The third-order valence-corrected chi connectivity index (χ3v) is 1.83. The molecule has 0 amide bonds. The van der Waals surface area contributed by atoms with Gasteiger partial charge < -0.3 is 0 Å². The minimum absolute atomic E-state index is 0.872. The largest absolute Gasteiger partial charge is 0.261 e. The fourth-order valence-corrected chi connectivity index (χ4v) is 1.14. The second kappa shape index (κ2) is 4.33. The van der Waals surface area contributed by atoms with E-state index in [0.717, 1.165) is 11.3 Å². The average molecular weight is 182 g/mol. The lowest BCUT2D eigenvalue weighted by atomic mass is 10.2. The van der Waals surface area contributed by atoms with Gasteiger partial charge in [-0.1, -0.05) is 36.4 Å². The number of aromatic nitrogens is 2. The normalized spacial score (nSPS) is 10.6. The smallest absolute Gasteiger partial charge is 0.0813 e. The van der Waals surface area contributed by atoms with Gasteiger partial charge >= 0.3 is 0 Å². The predicted molar refractivity (Wildman–Crippen MR) is 57.4 cm³/mol. The molecule has 0 saturated heterocycles. The summed E-state index contributed by atoms with van der Waals surface area (Å²) in [5.41, 5.74) is 2.04. The van der Waals surface area contributed by atoms with Gasteiger partial charge in [0.05, 0.1) is 11.9 Å². The van der Waals surface area contributed by atoms with Crippen LogP contribution in [0.15, 0.2) is 48.9 Å². The molecule has 0 aliphatic rings. The van der Waals surface area contributed by atoms with E-state index in [1.807, 2.05) is 42.5 Å². The summed E-state index contributed by atoms with van der Waals surface area (Å²) < 4.78 is 0. The standard InChI is InChI=1S/C12H10N2/c1-2-4-11(5-3-1)6-7-12-10-13-8-9-14-12/h1-10H/b7-6+. The van der Waals surface area contributed by atoms with Gasteiger partial charge in [0.25, 0.3) is 0 Å². The van der Waals surface area contributed by atoms with E-state index in [4.69, 9.17) is 0 Å². The Labute approximate surface area is 83.0 Å². The van der Waals surface area contributed by atoms with Crippen molar-refractivity contribution in [1.29, 1.82) is 0 Å². The highest BCUT2D eigenvalue weighted by molar-refractivity contribution is 5.67. The SMILES string of the molecule is C(=C\c1cnccn1)/c1ccccc1. The van der Waals surface area contributed by atoms with Crippen molar-refractivity contribution in [1.82, 2.24) is 9.97 Å². The van der Waals surface area contributed by atoms with Gasteiger partial charge in [-0.05, 0) is 11.6 Å². The molecule has 1 heterocycles. The third-order valence-electron chi connectivity index (χ3n) is 1.83. The fourth-order valence-electron chi connectivity index (χ4n) is 1.14. The summed E-state index contributed by atoms with van der Waals surface area (Å²) >= 11 is 0. The van der Waals surface area contributed by atoms with Gasteiger partial charge in [0.15, 0.2) is 0 Å². The molecule has 0 spiro atoms. The maximum absolute atomic E-state index is 4.14. The van der Waals surface area contributed by atoms with E-state index in [1.165, 1.54) is 0 Å². The van der Waals surface area contributed by atoms with Crippen LogP contribution in [0.5, 0.6) is 0 Å². The van der Waals surface area contributed by atoms with Crippen LogP contribution in [0.3, 0.4) is 0 Å². The van der Waals surface area contributed by atoms with E-state index in [2.05, 4.69) is 9.97 Å². The van der Waals surface area contributed by atoms with Crippen LogP contribution in [-0.4, -0.2) is 9.97 Å². The average Bonchev–Trinajstić information content (AvgIpc) is 2.29. The van der Waals surface area contributed by atoms with E-state index < -0.39 is 0 Å². The topological polar surface area (TPSA) is 25.8 Å². The zero-order chi connectivity index (χ0) is 9.64. The lowest BCUT2D eigenvalue weighted by Crippen LogP contribution is -1.79. The van der Waals surface area contributed by atoms with Gasteiger partial charge in [-0.25, -0.2) is 0 Å². The summed E-state index contributed by atoms with van der Waals surface area (Å²) in [4.78, 5) is 8.13. The molecule has 0 unspecified atom stereocenters. The Hall–Kier alpha value is -1.96. The quantitative estimate of drug-likeness (QED) is 0.713. The lowest BCUT2D eigenvalue weighted by molar-refractivity contribution is 1.18. The molecule has 1 aromatic heterocycles. The van der Waals surface area contributed by atoms with Gasteiger partial charge in [-0.3, -0.25) is 9.97 Å². The summed E-state index contributed by atoms with van der Waals surface area (Å²) in [6.45, 7) is 0. The highest BCUT2D eigenvalue weighted by atomic mass is 14.7. The van der Waals surface area contributed by atoms with E-state index in [-0.39, 0.29) is 0 Å². The van der Waals surface area contributed by atoms with Crippen LogP contribution in [0.1, 0.15) is 11.3 Å². The maximum Gasteiger partial charge on any atom is 0.0813 e. The van der Waals surface area contributed by atoms with Crippen molar-refractivity contribution >= 4 is 12.2 Å². The van der Waals surface area contributed by atoms with Gasteiger partial charge in [0.2, 0.25) is 0 Å². The molecule has 0 aliphatic heterocycles. The highest BCUT2D eigenvalue weighted by Gasteiger charge is 1.86. The summed E-state index contributed by atoms with van der Waals surface area (Å²) in [6, 6.07) is 10.1. The molecule has 14 heavy (non-hydrogen) atoms. The molecule has 68 valence electrons. The van der Waals surface area contributed by atoms with Crippen molar-refractivity contribution in [3.05, 3.63) is 60.2 Å². The molecule has 0 radical (unpaired) electrons. The Kier molecular flexibility index (Phi) is 2.67. The Bertz CT molecular complexity index is 365. The van der Waals surface area contributed by atoms with Crippen LogP contribution in [-0.2, 0) is 0 Å². The Morgan fingerprint density at radius 2 is 1.79 bits per heavy atom. The van der Waals surface area contributed by atoms with Gasteiger partial charge in [0.1, 0.15) is 0 Å². The van der Waals surface area contributed by atoms with Gasteiger partial charge in [-0.15, -0.1) is 0 Å². The molecule has 2 rings (SSSR count). The Balaban J connectivity index is 2.16. The summed E-state index contributed by atoms with van der Waals surface area (Å²) in [5, 5.41) is 0. The van der Waals surface area contributed by atoms with E-state index in [0.29, 0.717) is 0 Å². The third kappa shape index (κ3) is 2.26. The van der Waals surface area contributed by atoms with Crippen molar-refractivity contribution in [2.24, 2.45) is 0 Å². The monoisotopic (exact) mass is 182 g/mol. The first-order valence-corrected chi connectivity index (χ1v) is 4.44. The van der Waals surface area contributed by atoms with Crippen LogP contribution in [0.25, 0.3) is 12.2 Å². The molecule has 0 aliphatic carbocycles. The summed E-state index contributed by atoms with van der Waals surface area (Å²) in [5.74, 6) is 0. The molecular weight excluding hydrogens is 172 g/mol. The van der Waals surface area contributed by atoms with Crippen molar-refractivity contribution in [3.63, 3.8) is 0 Å². The number of nitrogens with zero attached hydrogens (tertiary/aromatic N) is 2. The molecule has 0 atom stereocenters. The number of rotatable bonds is 2. The molecule has 1 aromatic carbocycles. The zero-order valence-corrected chi connectivity index (χ0v) is 7.67. The molecule has 0 N–H and O–H groups in total. The molecule has 0 bridgehead atoms. The molecule has 2 aromatic rings. The van der Waals surface area contributed by atoms with Gasteiger partial charge in [-0.2, -0.15) is 0 Å². The van der Waals surface area contributed by atoms with E-state index >= 15 is 0 Å². The predicted octanol–water partition coefficient (Wildman–Crippen LogP) is 2.65. The fraction of sp³-hybridized carbons (Fsp3) is 0. The van der Waals surface area contributed by atoms with Crippen LogP contribution >= 0.6 is 0 Å². The van der Waals surface area contributed by atoms with Crippen LogP contribution in [0, 0.1) is 0 Å². The first kappa shape index (κ1) is 8.63. The van der Waals surface area contributed by atoms with Crippen molar-refractivity contribution < 1.29 is 0 Å². The van der Waals surface area contributed by atoms with Gasteiger partial charge in [0, 0.05) is 12.4 Å². The number of hydrogen-bond donors (Lipinski definition) is 0. The lowest BCUT2D eigenvalue weighted by Gasteiger charge is -1.91. The first-order chi connectivity index (χ1) is 6.95. The summed E-state index contributed by atoms with van der Waals surface area (Å²) in [6.07, 6.45) is 9.05. The molecule has 2 nitrogen and oxygen atoms in total. The van der Waals surface area contributed by atoms with Crippen LogP contribution in [0.4, 0.5) is 0 Å². The highest BCUT2D eigenvalue weighted by Crippen LogP contribution is 2.04. The second-order valence-electron chi connectivity index (χ2n) is 2.87. The van der Waals surface area contributed by atoms with Crippen LogP contribution < -0.4 is 0 Å². The van der Waals surface area contributed by atoms with E-state index in [1.54, 1.807) is 18.6 Å². The van der Waals surface area contributed by atoms with E-state index in [9.17, 15) is 0 Å². The molecule has 0 fully saturated rings. The minimum Gasteiger partial charge on any atom is -0.261 e. The molecule has 2 heteroatoms. The number of benzene rings is 1. The second-order valence-corrected chi connectivity index (χ2v) is 2.87. The van der Waals surface area contributed by atoms with Crippen molar-refractivity contribution in [2.75, 3.05) is 0 Å². The molecule has 0 saturated carbocycles. The number of hydrogen-bond acceptors (Lipinski definition) is 2. The minimum atomic E-state index is 0.872. The van der Waals surface area contributed by atoms with Crippen LogP contribution in [0.2, 0.25) is 0 Å².